The molecule has 0 fully saturated rings. The first-order valence-electron chi connectivity index (χ1n) is 6.56. The van der Waals surface area contributed by atoms with Gasteiger partial charge in [-0.25, -0.2) is 4.98 Å². The van der Waals surface area contributed by atoms with E-state index in [0.29, 0.717) is 0 Å². The van der Waals surface area contributed by atoms with E-state index in [1.54, 1.807) is 18.4 Å². The second-order valence-corrected chi connectivity index (χ2v) is 6.75. The molecule has 0 saturated heterocycles. The fourth-order valence-electron chi connectivity index (χ4n) is 2.24. The average molecular weight is 360 g/mol. The van der Waals surface area contributed by atoms with E-state index in [1.165, 1.54) is 4.88 Å². The Labute approximate surface area is 136 Å². The molecule has 0 unspecified atom stereocenters. The summed E-state index contributed by atoms with van der Waals surface area (Å²) in [5.41, 5.74) is 3.19. The van der Waals surface area contributed by atoms with Crippen molar-refractivity contribution in [2.24, 2.45) is 0 Å². The van der Waals surface area contributed by atoms with Gasteiger partial charge in [0.25, 0.3) is 0 Å². The van der Waals surface area contributed by atoms with Crippen LogP contribution in [0.25, 0.3) is 21.8 Å². The van der Waals surface area contributed by atoms with Gasteiger partial charge in [0.1, 0.15) is 10.8 Å². The minimum Gasteiger partial charge on any atom is -0.496 e. The van der Waals surface area contributed by atoms with Crippen LogP contribution in [0.5, 0.6) is 5.75 Å². The third-order valence-electron chi connectivity index (χ3n) is 3.23. The highest BCUT2D eigenvalue weighted by molar-refractivity contribution is 9.10. The van der Waals surface area contributed by atoms with Crippen molar-refractivity contribution in [1.82, 2.24) is 4.98 Å². The van der Waals surface area contributed by atoms with E-state index in [-0.39, 0.29) is 0 Å². The molecule has 21 heavy (non-hydrogen) atoms. The Hall–Kier alpha value is -1.65. The monoisotopic (exact) mass is 359 g/mol. The molecular formula is C17H14BrNOS. The van der Waals surface area contributed by atoms with Crippen LogP contribution in [-0.4, -0.2) is 12.1 Å². The number of aryl methyl sites for hydroxylation is 1. The molecule has 0 aliphatic heterocycles. The van der Waals surface area contributed by atoms with E-state index in [9.17, 15) is 0 Å². The summed E-state index contributed by atoms with van der Waals surface area (Å²) in [6.45, 7) is 2.10. The number of aromatic nitrogens is 1. The summed E-state index contributed by atoms with van der Waals surface area (Å²) in [6, 6.07) is 16.2. The van der Waals surface area contributed by atoms with Gasteiger partial charge in [0.05, 0.1) is 18.4 Å². The molecule has 3 rings (SSSR count). The van der Waals surface area contributed by atoms with Crippen LogP contribution in [0, 0.1) is 6.92 Å². The highest BCUT2D eigenvalue weighted by Gasteiger charge is 2.14. The van der Waals surface area contributed by atoms with Gasteiger partial charge in [-0.3, -0.25) is 0 Å². The van der Waals surface area contributed by atoms with Crippen LogP contribution in [0.4, 0.5) is 0 Å². The van der Waals surface area contributed by atoms with Gasteiger partial charge in [0, 0.05) is 14.9 Å². The molecule has 0 amide bonds. The largest absolute Gasteiger partial charge is 0.496 e. The van der Waals surface area contributed by atoms with E-state index in [4.69, 9.17) is 9.72 Å². The summed E-state index contributed by atoms with van der Waals surface area (Å²) in [6.07, 6.45) is 0. The van der Waals surface area contributed by atoms with Crippen molar-refractivity contribution < 1.29 is 4.74 Å². The van der Waals surface area contributed by atoms with E-state index >= 15 is 0 Å². The Morgan fingerprint density at radius 1 is 1.10 bits per heavy atom. The van der Waals surface area contributed by atoms with Crippen molar-refractivity contribution >= 4 is 27.3 Å². The third-order valence-corrected chi connectivity index (χ3v) is 4.73. The molecule has 2 nitrogen and oxygen atoms in total. The normalized spacial score (nSPS) is 10.6. The lowest BCUT2D eigenvalue weighted by atomic mass is 10.1. The molecule has 3 aromatic rings. The van der Waals surface area contributed by atoms with Crippen LogP contribution in [0.3, 0.4) is 0 Å². The predicted molar refractivity (Wildman–Crippen MR) is 92.0 cm³/mol. The lowest BCUT2D eigenvalue weighted by Crippen LogP contribution is -1.87. The topological polar surface area (TPSA) is 22.1 Å². The van der Waals surface area contributed by atoms with Gasteiger partial charge >= 0.3 is 0 Å². The van der Waals surface area contributed by atoms with E-state index in [0.717, 1.165) is 32.1 Å². The molecule has 4 heteroatoms. The maximum atomic E-state index is 5.43. The Balaban J connectivity index is 2.10. The molecule has 0 aliphatic carbocycles. The van der Waals surface area contributed by atoms with Gasteiger partial charge < -0.3 is 4.74 Å². The van der Waals surface area contributed by atoms with E-state index < -0.39 is 0 Å². The van der Waals surface area contributed by atoms with Crippen LogP contribution < -0.4 is 4.74 Å². The molecule has 0 radical (unpaired) electrons. The number of benzene rings is 2. The molecule has 106 valence electrons. The quantitative estimate of drug-likeness (QED) is 0.610. The smallest absolute Gasteiger partial charge is 0.129 e. The maximum Gasteiger partial charge on any atom is 0.129 e. The van der Waals surface area contributed by atoms with E-state index in [1.807, 2.05) is 36.4 Å². The highest BCUT2D eigenvalue weighted by atomic mass is 79.9. The number of nitrogens with zero attached hydrogens (tertiary/aromatic N) is 1. The van der Waals surface area contributed by atoms with Gasteiger partial charge in [0.2, 0.25) is 0 Å². The summed E-state index contributed by atoms with van der Waals surface area (Å²) in [5.74, 6) is 0.854. The first-order chi connectivity index (χ1) is 10.2. The number of thiazole rings is 1. The van der Waals surface area contributed by atoms with Gasteiger partial charge in [0.15, 0.2) is 0 Å². The van der Waals surface area contributed by atoms with Crippen molar-refractivity contribution in [3.05, 3.63) is 57.9 Å². The Morgan fingerprint density at radius 2 is 1.90 bits per heavy atom. The molecule has 0 N–H and O–H groups in total. The van der Waals surface area contributed by atoms with E-state index in [2.05, 4.69) is 35.0 Å². The van der Waals surface area contributed by atoms with Crippen LogP contribution in [-0.2, 0) is 0 Å². The summed E-state index contributed by atoms with van der Waals surface area (Å²) in [4.78, 5) is 6.02. The molecule has 1 heterocycles. The summed E-state index contributed by atoms with van der Waals surface area (Å²) >= 11 is 5.21. The Kier molecular flexibility index (Phi) is 4.08. The van der Waals surface area contributed by atoms with Crippen molar-refractivity contribution in [3.63, 3.8) is 0 Å². The highest BCUT2D eigenvalue weighted by Crippen LogP contribution is 2.37. The van der Waals surface area contributed by atoms with Crippen LogP contribution in [0.1, 0.15) is 4.88 Å². The number of halogens is 1. The first kappa shape index (κ1) is 14.3. The second kappa shape index (κ2) is 6.00. The fourth-order valence-corrected chi connectivity index (χ4v) is 3.60. The Morgan fingerprint density at radius 3 is 2.67 bits per heavy atom. The van der Waals surface area contributed by atoms with Crippen LogP contribution in [0.15, 0.2) is 53.0 Å². The summed E-state index contributed by atoms with van der Waals surface area (Å²) in [7, 11) is 1.69. The molecule has 0 atom stereocenters. The first-order valence-corrected chi connectivity index (χ1v) is 8.17. The predicted octanol–water partition coefficient (Wildman–Crippen LogP) is 5.56. The average Bonchev–Trinajstić information content (AvgIpc) is 2.89. The molecule has 0 saturated carbocycles. The number of ether oxygens (including phenoxy) is 1. The zero-order chi connectivity index (χ0) is 14.8. The van der Waals surface area contributed by atoms with Gasteiger partial charge in [-0.05, 0) is 31.2 Å². The van der Waals surface area contributed by atoms with Crippen molar-refractivity contribution in [2.45, 2.75) is 6.92 Å². The molecular weight excluding hydrogens is 346 g/mol. The molecule has 0 spiro atoms. The summed E-state index contributed by atoms with van der Waals surface area (Å²) < 4.78 is 6.49. The van der Waals surface area contributed by atoms with Gasteiger partial charge in [-0.15, -0.1) is 11.3 Å². The second-order valence-electron chi connectivity index (χ2n) is 4.63. The fraction of sp³-hybridized carbons (Fsp3) is 0.118. The lowest BCUT2D eigenvalue weighted by Gasteiger charge is -2.04. The molecule has 1 aromatic heterocycles. The minimum atomic E-state index is 0.854. The zero-order valence-electron chi connectivity index (χ0n) is 11.8. The zero-order valence-corrected chi connectivity index (χ0v) is 14.2. The van der Waals surface area contributed by atoms with Crippen molar-refractivity contribution in [3.8, 4) is 27.6 Å². The Bertz CT molecular complexity index is 782. The summed E-state index contributed by atoms with van der Waals surface area (Å²) in [5, 5.41) is 0.986. The number of hydrogen-bond acceptors (Lipinski definition) is 3. The SMILES string of the molecule is COc1ccccc1-c1nc(-c2cccc(Br)c2)c(C)s1. The number of methoxy groups -OCH3 is 1. The molecule has 2 aromatic carbocycles. The van der Waals surface area contributed by atoms with Gasteiger partial charge in [-0.1, -0.05) is 40.2 Å². The number of rotatable bonds is 3. The maximum absolute atomic E-state index is 5.43. The van der Waals surface area contributed by atoms with Gasteiger partial charge in [-0.2, -0.15) is 0 Å². The molecule has 0 bridgehead atoms. The van der Waals surface area contributed by atoms with Crippen molar-refractivity contribution in [2.75, 3.05) is 7.11 Å². The van der Waals surface area contributed by atoms with Crippen LogP contribution in [0.2, 0.25) is 0 Å². The minimum absolute atomic E-state index is 0.854. The third kappa shape index (κ3) is 2.87. The van der Waals surface area contributed by atoms with Crippen LogP contribution >= 0.6 is 27.3 Å². The molecule has 0 aliphatic rings. The number of para-hydroxylation sites is 1. The lowest BCUT2D eigenvalue weighted by molar-refractivity contribution is 0.416. The standard InChI is InChI=1S/C17H14BrNOS/c1-11-16(12-6-5-7-13(18)10-12)19-17(21-11)14-8-3-4-9-15(14)20-2/h3-10H,1-2H3. The van der Waals surface area contributed by atoms with Crippen molar-refractivity contribution in [1.29, 1.82) is 0 Å². The number of hydrogen-bond donors (Lipinski definition) is 0.